The van der Waals surface area contributed by atoms with Gasteiger partial charge in [0.25, 0.3) is 0 Å². The molecule has 0 spiro atoms. The number of nitrogens with one attached hydrogen (secondary N) is 1. The normalized spacial score (nSPS) is 16.4. The first-order valence-corrected chi connectivity index (χ1v) is 8.60. The van der Waals surface area contributed by atoms with Crippen molar-refractivity contribution in [3.8, 4) is 5.82 Å². The van der Waals surface area contributed by atoms with E-state index < -0.39 is 0 Å². The van der Waals surface area contributed by atoms with Crippen LogP contribution in [-0.4, -0.2) is 20.4 Å². The van der Waals surface area contributed by atoms with E-state index in [0.717, 1.165) is 35.3 Å². The fraction of sp³-hybridized carbons (Fsp3) is 0.250. The lowest BCUT2D eigenvalue weighted by molar-refractivity contribution is -0.121. The number of fused-ring (bicyclic) bond motifs is 1. The fourth-order valence-corrected chi connectivity index (χ4v) is 3.18. The highest BCUT2D eigenvalue weighted by Crippen LogP contribution is 2.20. The molecule has 0 unspecified atom stereocenters. The molecule has 0 fully saturated rings. The zero-order valence-electron chi connectivity index (χ0n) is 13.9. The van der Waals surface area contributed by atoms with Gasteiger partial charge in [-0.05, 0) is 42.5 Å². The molecule has 3 aromatic rings. The molecule has 1 N–H and O–H groups in total. The van der Waals surface area contributed by atoms with E-state index in [1.54, 1.807) is 12.5 Å². The van der Waals surface area contributed by atoms with Crippen molar-refractivity contribution in [3.05, 3.63) is 66.6 Å². The number of carbonyl (C=O) groups excluding carboxylic acids is 1. The maximum absolute atomic E-state index is 12.0. The summed E-state index contributed by atoms with van der Waals surface area (Å²) in [5, 5.41) is 2.98. The van der Waals surface area contributed by atoms with Crippen LogP contribution in [0.4, 0.5) is 0 Å². The molecule has 0 radical (unpaired) electrons. The van der Waals surface area contributed by atoms with Gasteiger partial charge in [-0.25, -0.2) is 9.97 Å². The number of imidazole rings is 1. The molecule has 0 saturated carbocycles. The van der Waals surface area contributed by atoms with Gasteiger partial charge in [0, 0.05) is 19.2 Å². The standard InChI is InChI=1S/C20H20N4O/c25-20(11-15-5-1-2-6-15)22-13-16-9-10-19(21-12-16)24-14-23-17-7-3-4-8-18(17)24/h1,3-5,7-10,12,14-15H,2,6,11,13H2,(H,22,25)/t15-/m0/s1. The third kappa shape index (κ3) is 3.45. The van der Waals surface area contributed by atoms with E-state index in [-0.39, 0.29) is 5.91 Å². The van der Waals surface area contributed by atoms with Gasteiger partial charge in [0.15, 0.2) is 0 Å². The molecule has 0 aliphatic heterocycles. The topological polar surface area (TPSA) is 59.8 Å². The van der Waals surface area contributed by atoms with E-state index in [1.807, 2.05) is 41.0 Å². The Morgan fingerprint density at radius 2 is 2.12 bits per heavy atom. The maximum atomic E-state index is 12.0. The van der Waals surface area contributed by atoms with Gasteiger partial charge in [0.2, 0.25) is 5.91 Å². The second-order valence-electron chi connectivity index (χ2n) is 6.37. The van der Waals surface area contributed by atoms with Crippen molar-refractivity contribution in [2.45, 2.75) is 25.8 Å². The number of rotatable bonds is 5. The van der Waals surface area contributed by atoms with Crippen LogP contribution in [0.15, 0.2) is 61.1 Å². The molecule has 2 heterocycles. The molecule has 0 bridgehead atoms. The van der Waals surface area contributed by atoms with Gasteiger partial charge in [-0.15, -0.1) is 0 Å². The summed E-state index contributed by atoms with van der Waals surface area (Å²) in [6.07, 6.45) is 10.6. The number of benzene rings is 1. The summed E-state index contributed by atoms with van der Waals surface area (Å²) in [4.78, 5) is 20.9. The van der Waals surface area contributed by atoms with Crippen LogP contribution >= 0.6 is 0 Å². The smallest absolute Gasteiger partial charge is 0.220 e. The average molecular weight is 332 g/mol. The summed E-state index contributed by atoms with van der Waals surface area (Å²) >= 11 is 0. The first-order chi connectivity index (χ1) is 12.3. The van der Waals surface area contributed by atoms with Crippen molar-refractivity contribution in [2.75, 3.05) is 0 Å². The first kappa shape index (κ1) is 15.6. The van der Waals surface area contributed by atoms with Crippen LogP contribution in [0.25, 0.3) is 16.9 Å². The summed E-state index contributed by atoms with van der Waals surface area (Å²) in [5.74, 6) is 1.32. The van der Waals surface area contributed by atoms with Crippen molar-refractivity contribution in [3.63, 3.8) is 0 Å². The lowest BCUT2D eigenvalue weighted by Crippen LogP contribution is -2.24. The number of allylic oxidation sites excluding steroid dienone is 2. The van der Waals surface area contributed by atoms with Crippen LogP contribution in [0.2, 0.25) is 0 Å². The molecule has 1 aliphatic rings. The summed E-state index contributed by atoms with van der Waals surface area (Å²) in [6.45, 7) is 0.507. The monoisotopic (exact) mass is 332 g/mol. The highest BCUT2D eigenvalue weighted by molar-refractivity contribution is 5.77. The number of para-hydroxylation sites is 2. The Morgan fingerprint density at radius 1 is 1.20 bits per heavy atom. The Labute approximate surface area is 146 Å². The van der Waals surface area contributed by atoms with Crippen LogP contribution in [-0.2, 0) is 11.3 Å². The van der Waals surface area contributed by atoms with Crippen LogP contribution < -0.4 is 5.32 Å². The minimum absolute atomic E-state index is 0.0984. The molecule has 0 saturated heterocycles. The second kappa shape index (κ2) is 6.89. The quantitative estimate of drug-likeness (QED) is 0.729. The lowest BCUT2D eigenvalue weighted by atomic mass is 10.1. The number of nitrogens with zero attached hydrogens (tertiary/aromatic N) is 3. The summed E-state index contributed by atoms with van der Waals surface area (Å²) in [6, 6.07) is 11.9. The molecule has 1 atom stereocenters. The summed E-state index contributed by atoms with van der Waals surface area (Å²) in [7, 11) is 0. The van der Waals surface area contributed by atoms with Gasteiger partial charge in [0.05, 0.1) is 11.0 Å². The van der Waals surface area contributed by atoms with Gasteiger partial charge in [-0.3, -0.25) is 9.36 Å². The van der Waals surface area contributed by atoms with Gasteiger partial charge in [-0.1, -0.05) is 30.4 Å². The molecular weight excluding hydrogens is 312 g/mol. The molecule has 1 aliphatic carbocycles. The molecular formula is C20H20N4O. The third-order valence-electron chi connectivity index (χ3n) is 4.56. The van der Waals surface area contributed by atoms with E-state index >= 15 is 0 Å². The third-order valence-corrected chi connectivity index (χ3v) is 4.56. The van der Waals surface area contributed by atoms with Crippen LogP contribution in [0.1, 0.15) is 24.8 Å². The van der Waals surface area contributed by atoms with Gasteiger partial charge < -0.3 is 5.32 Å². The molecule has 5 heteroatoms. The highest BCUT2D eigenvalue weighted by atomic mass is 16.1. The minimum Gasteiger partial charge on any atom is -0.352 e. The number of carbonyl (C=O) groups is 1. The molecule has 25 heavy (non-hydrogen) atoms. The number of aromatic nitrogens is 3. The predicted octanol–water partition coefficient (Wildman–Crippen LogP) is 3.39. The van der Waals surface area contributed by atoms with E-state index in [2.05, 4.69) is 27.4 Å². The van der Waals surface area contributed by atoms with Crippen LogP contribution in [0.3, 0.4) is 0 Å². The number of pyridine rings is 1. The van der Waals surface area contributed by atoms with Gasteiger partial charge >= 0.3 is 0 Å². The van der Waals surface area contributed by atoms with Crippen molar-refractivity contribution < 1.29 is 4.79 Å². The number of hydrogen-bond donors (Lipinski definition) is 1. The Hall–Kier alpha value is -2.95. The van der Waals surface area contributed by atoms with Crippen LogP contribution in [0, 0.1) is 5.92 Å². The summed E-state index contributed by atoms with van der Waals surface area (Å²) < 4.78 is 1.96. The Bertz CT molecular complexity index is 911. The van der Waals surface area contributed by atoms with Crippen molar-refractivity contribution in [1.29, 1.82) is 0 Å². The van der Waals surface area contributed by atoms with E-state index in [9.17, 15) is 4.79 Å². The second-order valence-corrected chi connectivity index (χ2v) is 6.37. The highest BCUT2D eigenvalue weighted by Gasteiger charge is 2.13. The van der Waals surface area contributed by atoms with Crippen molar-refractivity contribution in [1.82, 2.24) is 19.9 Å². The first-order valence-electron chi connectivity index (χ1n) is 8.60. The largest absolute Gasteiger partial charge is 0.352 e. The molecule has 2 aromatic heterocycles. The van der Waals surface area contributed by atoms with Gasteiger partial charge in [0.1, 0.15) is 12.1 Å². The Morgan fingerprint density at radius 3 is 2.92 bits per heavy atom. The molecule has 5 nitrogen and oxygen atoms in total. The van der Waals surface area contributed by atoms with Crippen LogP contribution in [0.5, 0.6) is 0 Å². The molecule has 1 amide bonds. The van der Waals surface area contributed by atoms with E-state index in [0.29, 0.717) is 18.9 Å². The van der Waals surface area contributed by atoms with E-state index in [1.165, 1.54) is 0 Å². The predicted molar refractivity (Wildman–Crippen MR) is 97.2 cm³/mol. The zero-order valence-corrected chi connectivity index (χ0v) is 13.9. The van der Waals surface area contributed by atoms with E-state index in [4.69, 9.17) is 0 Å². The lowest BCUT2D eigenvalue weighted by Gasteiger charge is -2.09. The zero-order chi connectivity index (χ0) is 17.1. The fourth-order valence-electron chi connectivity index (χ4n) is 3.18. The minimum atomic E-state index is 0.0984. The molecule has 4 rings (SSSR count). The number of hydrogen-bond acceptors (Lipinski definition) is 3. The summed E-state index contributed by atoms with van der Waals surface area (Å²) in [5.41, 5.74) is 2.96. The SMILES string of the molecule is O=C(C[C@H]1C=CCC1)NCc1ccc(-n2cnc3ccccc32)nc1. The molecule has 126 valence electrons. The number of amides is 1. The Kier molecular flexibility index (Phi) is 4.29. The van der Waals surface area contributed by atoms with Crippen molar-refractivity contribution in [2.24, 2.45) is 5.92 Å². The Balaban J connectivity index is 1.40. The van der Waals surface area contributed by atoms with Crippen molar-refractivity contribution >= 4 is 16.9 Å². The van der Waals surface area contributed by atoms with Gasteiger partial charge in [-0.2, -0.15) is 0 Å². The molecule has 1 aromatic carbocycles. The average Bonchev–Trinajstić information content (AvgIpc) is 3.30. The maximum Gasteiger partial charge on any atom is 0.220 e.